The van der Waals surface area contributed by atoms with E-state index in [4.69, 9.17) is 4.74 Å². The van der Waals surface area contributed by atoms with Gasteiger partial charge >= 0.3 is 6.09 Å². The molecule has 2 aromatic rings. The number of hydrogen-bond acceptors (Lipinski definition) is 4. The van der Waals surface area contributed by atoms with Crippen LogP contribution in [-0.4, -0.2) is 40.6 Å². The van der Waals surface area contributed by atoms with Crippen molar-refractivity contribution in [2.45, 2.75) is 39.3 Å². The minimum atomic E-state index is -0.597. The number of benzene rings is 1. The van der Waals surface area contributed by atoms with E-state index in [-0.39, 0.29) is 11.7 Å². The zero-order valence-corrected chi connectivity index (χ0v) is 17.6. The molecule has 0 aliphatic rings. The first-order valence-electron chi connectivity index (χ1n) is 9.81. The Morgan fingerprint density at radius 3 is 2.70 bits per heavy atom. The lowest BCUT2D eigenvalue weighted by Crippen LogP contribution is -2.38. The Bertz CT molecular complexity index is 863. The molecule has 7 heteroatoms. The lowest BCUT2D eigenvalue weighted by atomic mass is 10.2. The highest BCUT2D eigenvalue weighted by Gasteiger charge is 2.22. The van der Waals surface area contributed by atoms with Gasteiger partial charge in [-0.25, -0.2) is 9.18 Å². The lowest BCUT2D eigenvalue weighted by Gasteiger charge is -2.27. The Morgan fingerprint density at radius 1 is 1.23 bits per heavy atom. The second-order valence-corrected chi connectivity index (χ2v) is 7.80. The number of nitrogens with one attached hydrogen (secondary N) is 1. The third-order valence-corrected chi connectivity index (χ3v) is 3.93. The van der Waals surface area contributed by atoms with Gasteiger partial charge in [-0.15, -0.1) is 0 Å². The summed E-state index contributed by atoms with van der Waals surface area (Å²) in [5, 5.41) is 2.76. The van der Waals surface area contributed by atoms with Crippen molar-refractivity contribution in [3.05, 3.63) is 71.8 Å². The van der Waals surface area contributed by atoms with Crippen LogP contribution in [0.5, 0.6) is 0 Å². The number of pyridine rings is 1. The summed E-state index contributed by atoms with van der Waals surface area (Å²) in [5.41, 5.74) is 0.906. The smallest absolute Gasteiger partial charge is 0.410 e. The topological polar surface area (TPSA) is 71.5 Å². The second-order valence-electron chi connectivity index (χ2n) is 7.80. The zero-order chi connectivity index (χ0) is 22.0. The molecule has 0 aliphatic carbocycles. The number of amides is 2. The molecule has 0 radical (unpaired) electrons. The Labute approximate surface area is 176 Å². The fraction of sp³-hybridized carbons (Fsp3) is 0.348. The fourth-order valence-electron chi connectivity index (χ4n) is 2.60. The normalized spacial score (nSPS) is 11.3. The molecule has 6 nitrogen and oxygen atoms in total. The first-order chi connectivity index (χ1) is 14.2. The number of carbonyl (C=O) groups excluding carboxylic acids is 2. The van der Waals surface area contributed by atoms with Crippen LogP contribution in [0.2, 0.25) is 0 Å². The van der Waals surface area contributed by atoms with E-state index in [9.17, 15) is 14.0 Å². The number of aromatic nitrogens is 1. The molecular formula is C23H28FN3O3. The van der Waals surface area contributed by atoms with Crippen molar-refractivity contribution >= 4 is 18.1 Å². The molecule has 0 aliphatic heterocycles. The molecule has 0 atom stereocenters. The summed E-state index contributed by atoms with van der Waals surface area (Å²) in [7, 11) is 0. The standard InChI is InChI=1S/C23H28FN3O3/c1-23(2,3)30-22(29)27(17-19-8-5-12-25-16-19)14-6-13-26-21(28)11-10-18-7-4-9-20(24)15-18/h4-5,7-12,15-16H,6,13-14,17H2,1-3H3,(H,26,28). The van der Waals surface area contributed by atoms with Crippen molar-refractivity contribution in [2.75, 3.05) is 13.1 Å². The zero-order valence-electron chi connectivity index (χ0n) is 17.6. The van der Waals surface area contributed by atoms with Crippen molar-refractivity contribution in [3.63, 3.8) is 0 Å². The van der Waals surface area contributed by atoms with E-state index in [0.29, 0.717) is 31.6 Å². The molecule has 0 unspecified atom stereocenters. The fourth-order valence-corrected chi connectivity index (χ4v) is 2.60. The van der Waals surface area contributed by atoms with Crippen LogP contribution in [0.1, 0.15) is 38.3 Å². The summed E-state index contributed by atoms with van der Waals surface area (Å²) in [6.07, 6.45) is 6.43. The molecule has 1 aromatic heterocycles. The van der Waals surface area contributed by atoms with Gasteiger partial charge in [0.05, 0.1) is 6.54 Å². The third kappa shape index (κ3) is 8.86. The van der Waals surface area contributed by atoms with Crippen LogP contribution in [0.4, 0.5) is 9.18 Å². The lowest BCUT2D eigenvalue weighted by molar-refractivity contribution is -0.116. The average molecular weight is 413 g/mol. The summed E-state index contributed by atoms with van der Waals surface area (Å²) < 4.78 is 18.6. The number of hydrogen-bond donors (Lipinski definition) is 1. The Balaban J connectivity index is 1.85. The highest BCUT2D eigenvalue weighted by Crippen LogP contribution is 2.13. The minimum absolute atomic E-state index is 0.282. The van der Waals surface area contributed by atoms with Gasteiger partial charge in [0.2, 0.25) is 5.91 Å². The predicted octanol–water partition coefficient (Wildman–Crippen LogP) is 4.18. The van der Waals surface area contributed by atoms with Gasteiger partial charge in [-0.2, -0.15) is 0 Å². The van der Waals surface area contributed by atoms with Gasteiger partial charge in [0, 0.05) is 31.6 Å². The van der Waals surface area contributed by atoms with Gasteiger partial charge < -0.3 is 15.0 Å². The molecule has 30 heavy (non-hydrogen) atoms. The minimum Gasteiger partial charge on any atom is -0.444 e. The molecular weight excluding hydrogens is 385 g/mol. The molecule has 0 saturated heterocycles. The maximum atomic E-state index is 13.2. The van der Waals surface area contributed by atoms with E-state index in [1.54, 1.807) is 35.5 Å². The van der Waals surface area contributed by atoms with E-state index in [1.807, 2.05) is 32.9 Å². The third-order valence-electron chi connectivity index (χ3n) is 3.93. The predicted molar refractivity (Wildman–Crippen MR) is 114 cm³/mol. The Hall–Kier alpha value is -3.22. The molecule has 0 saturated carbocycles. The average Bonchev–Trinajstić information content (AvgIpc) is 2.68. The van der Waals surface area contributed by atoms with Crippen LogP contribution >= 0.6 is 0 Å². The Kier molecular flexibility index (Phi) is 8.53. The monoisotopic (exact) mass is 413 g/mol. The van der Waals surface area contributed by atoms with Crippen molar-refractivity contribution in [3.8, 4) is 0 Å². The van der Waals surface area contributed by atoms with E-state index in [0.717, 1.165) is 5.56 Å². The van der Waals surface area contributed by atoms with Crippen LogP contribution in [0.3, 0.4) is 0 Å². The van der Waals surface area contributed by atoms with Gasteiger partial charge in [0.15, 0.2) is 0 Å². The highest BCUT2D eigenvalue weighted by molar-refractivity contribution is 5.91. The number of halogens is 1. The van der Waals surface area contributed by atoms with Crippen LogP contribution in [0, 0.1) is 5.82 Å². The van der Waals surface area contributed by atoms with Crippen LogP contribution in [0.15, 0.2) is 54.9 Å². The molecule has 2 rings (SSSR count). The molecule has 2 amide bonds. The Morgan fingerprint density at radius 2 is 2.03 bits per heavy atom. The summed E-state index contributed by atoms with van der Waals surface area (Å²) >= 11 is 0. The molecule has 1 heterocycles. The summed E-state index contributed by atoms with van der Waals surface area (Å²) in [6.45, 7) is 6.63. The SMILES string of the molecule is CC(C)(C)OC(=O)N(CCCNC(=O)C=Cc1cccc(F)c1)Cc1cccnc1. The maximum absolute atomic E-state index is 13.2. The summed E-state index contributed by atoms with van der Waals surface area (Å²) in [4.78, 5) is 30.2. The van der Waals surface area contributed by atoms with Crippen LogP contribution in [-0.2, 0) is 16.1 Å². The highest BCUT2D eigenvalue weighted by atomic mass is 19.1. The second kappa shape index (κ2) is 11.1. The van der Waals surface area contributed by atoms with Crippen LogP contribution in [0.25, 0.3) is 6.08 Å². The molecule has 0 fully saturated rings. The number of ether oxygens (including phenoxy) is 1. The number of carbonyl (C=O) groups is 2. The van der Waals surface area contributed by atoms with E-state index < -0.39 is 11.7 Å². The summed E-state index contributed by atoms with van der Waals surface area (Å²) in [6, 6.07) is 9.70. The first-order valence-corrected chi connectivity index (χ1v) is 9.81. The maximum Gasteiger partial charge on any atom is 0.410 e. The van der Waals surface area contributed by atoms with Crippen molar-refractivity contribution in [1.29, 1.82) is 0 Å². The van der Waals surface area contributed by atoms with Gasteiger partial charge in [-0.05, 0) is 62.6 Å². The number of rotatable bonds is 8. The first kappa shape index (κ1) is 23.1. The van der Waals surface area contributed by atoms with E-state index in [1.165, 1.54) is 18.2 Å². The molecule has 160 valence electrons. The van der Waals surface area contributed by atoms with Crippen molar-refractivity contribution in [2.24, 2.45) is 0 Å². The quantitative estimate of drug-likeness (QED) is 0.521. The largest absolute Gasteiger partial charge is 0.444 e. The number of nitrogens with zero attached hydrogens (tertiary/aromatic N) is 2. The summed E-state index contributed by atoms with van der Waals surface area (Å²) in [5.74, 6) is -0.635. The molecule has 0 bridgehead atoms. The molecule has 1 aromatic carbocycles. The van der Waals surface area contributed by atoms with Crippen molar-refractivity contribution in [1.82, 2.24) is 15.2 Å². The van der Waals surface area contributed by atoms with E-state index >= 15 is 0 Å². The molecule has 0 spiro atoms. The van der Waals surface area contributed by atoms with E-state index in [2.05, 4.69) is 10.3 Å². The molecule has 1 N–H and O–H groups in total. The van der Waals surface area contributed by atoms with Gasteiger partial charge in [-0.1, -0.05) is 18.2 Å². The van der Waals surface area contributed by atoms with Gasteiger partial charge in [0.25, 0.3) is 0 Å². The van der Waals surface area contributed by atoms with Gasteiger partial charge in [0.1, 0.15) is 11.4 Å². The van der Waals surface area contributed by atoms with Crippen LogP contribution < -0.4 is 5.32 Å². The van der Waals surface area contributed by atoms with Crippen molar-refractivity contribution < 1.29 is 18.7 Å². The van der Waals surface area contributed by atoms with Gasteiger partial charge in [-0.3, -0.25) is 9.78 Å².